The van der Waals surface area contributed by atoms with E-state index in [0.29, 0.717) is 25.1 Å². The zero-order chi connectivity index (χ0) is 18.1. The van der Waals surface area contributed by atoms with Gasteiger partial charge in [0, 0.05) is 18.7 Å². The molecule has 0 spiro atoms. The second-order valence-corrected chi connectivity index (χ2v) is 6.27. The quantitative estimate of drug-likeness (QED) is 0.866. The van der Waals surface area contributed by atoms with E-state index in [1.165, 1.54) is 6.07 Å². The number of ether oxygens (including phenoxy) is 1. The molecule has 9 heteroatoms. The SMILES string of the molecule is CC(NC(=O)N1C[C@@H]2C[C@H]1CN2C(N)=O)c1ccccc1OC(F)F. The Labute approximate surface area is 143 Å². The number of rotatable bonds is 4. The van der Waals surface area contributed by atoms with E-state index in [1.54, 1.807) is 34.9 Å². The highest BCUT2D eigenvalue weighted by Crippen LogP contribution is 2.31. The average Bonchev–Trinajstić information content (AvgIpc) is 3.15. The minimum Gasteiger partial charge on any atom is -0.434 e. The van der Waals surface area contributed by atoms with Gasteiger partial charge in [-0.25, -0.2) is 9.59 Å². The molecule has 1 aromatic rings. The molecule has 0 radical (unpaired) electrons. The number of halogens is 2. The topological polar surface area (TPSA) is 87.9 Å². The molecule has 0 aliphatic carbocycles. The summed E-state index contributed by atoms with van der Waals surface area (Å²) in [6.45, 7) is -0.387. The number of likely N-dealkylation sites (tertiary alicyclic amines) is 2. The van der Waals surface area contributed by atoms with Crippen LogP contribution in [0.3, 0.4) is 0 Å². The summed E-state index contributed by atoms with van der Waals surface area (Å²) >= 11 is 0. The number of nitrogens with two attached hydrogens (primary N) is 1. The average molecular weight is 354 g/mol. The summed E-state index contributed by atoms with van der Waals surface area (Å²) in [5, 5.41) is 2.81. The molecule has 2 aliphatic heterocycles. The fourth-order valence-corrected chi connectivity index (χ4v) is 3.57. The van der Waals surface area contributed by atoms with Crippen LogP contribution in [0.25, 0.3) is 0 Å². The number of benzene rings is 1. The molecule has 0 aromatic heterocycles. The number of alkyl halides is 2. The van der Waals surface area contributed by atoms with Crippen molar-refractivity contribution in [3.63, 3.8) is 0 Å². The Morgan fingerprint density at radius 2 is 1.88 bits per heavy atom. The Balaban J connectivity index is 1.64. The Kier molecular flexibility index (Phi) is 4.65. The smallest absolute Gasteiger partial charge is 0.387 e. The highest BCUT2D eigenvalue weighted by Gasteiger charge is 2.46. The Bertz CT molecular complexity index is 673. The fourth-order valence-electron chi connectivity index (χ4n) is 3.57. The van der Waals surface area contributed by atoms with Crippen molar-refractivity contribution >= 4 is 12.1 Å². The molecular weight excluding hydrogens is 334 g/mol. The van der Waals surface area contributed by atoms with E-state index in [2.05, 4.69) is 10.1 Å². The van der Waals surface area contributed by atoms with Crippen LogP contribution in [0.5, 0.6) is 5.75 Å². The van der Waals surface area contributed by atoms with Gasteiger partial charge in [0.05, 0.1) is 18.1 Å². The number of amides is 4. The largest absolute Gasteiger partial charge is 0.434 e. The van der Waals surface area contributed by atoms with E-state index in [4.69, 9.17) is 5.73 Å². The van der Waals surface area contributed by atoms with Crippen LogP contribution >= 0.6 is 0 Å². The van der Waals surface area contributed by atoms with Crippen LogP contribution in [0.1, 0.15) is 24.9 Å². The highest BCUT2D eigenvalue weighted by molar-refractivity contribution is 5.78. The van der Waals surface area contributed by atoms with Crippen LogP contribution in [0.4, 0.5) is 18.4 Å². The number of carbonyl (C=O) groups excluding carboxylic acids is 2. The normalized spacial score (nSPS) is 23.0. The van der Waals surface area contributed by atoms with E-state index in [9.17, 15) is 18.4 Å². The van der Waals surface area contributed by atoms with Gasteiger partial charge in [0.1, 0.15) is 5.75 Å². The van der Waals surface area contributed by atoms with Crippen LogP contribution in [-0.4, -0.2) is 53.6 Å². The van der Waals surface area contributed by atoms with Gasteiger partial charge in [-0.2, -0.15) is 8.78 Å². The van der Waals surface area contributed by atoms with E-state index < -0.39 is 18.7 Å². The number of nitrogens with zero attached hydrogens (tertiary/aromatic N) is 2. The monoisotopic (exact) mass is 354 g/mol. The van der Waals surface area contributed by atoms with Crippen LogP contribution in [0.2, 0.25) is 0 Å². The van der Waals surface area contributed by atoms with Crippen molar-refractivity contribution < 1.29 is 23.1 Å². The summed E-state index contributed by atoms with van der Waals surface area (Å²) in [6, 6.07) is 4.95. The summed E-state index contributed by atoms with van der Waals surface area (Å²) in [4.78, 5) is 27.1. The van der Waals surface area contributed by atoms with Crippen molar-refractivity contribution in [2.45, 2.75) is 38.1 Å². The number of carbonyl (C=O) groups is 2. The van der Waals surface area contributed by atoms with Gasteiger partial charge in [-0.3, -0.25) is 0 Å². The molecule has 2 bridgehead atoms. The van der Waals surface area contributed by atoms with Crippen molar-refractivity contribution in [1.82, 2.24) is 15.1 Å². The molecular formula is C16H20F2N4O3. The molecule has 3 N–H and O–H groups in total. The molecule has 4 amide bonds. The second-order valence-electron chi connectivity index (χ2n) is 6.27. The maximum Gasteiger partial charge on any atom is 0.387 e. The number of urea groups is 2. The number of nitrogens with one attached hydrogen (secondary N) is 1. The van der Waals surface area contributed by atoms with Crippen molar-refractivity contribution in [1.29, 1.82) is 0 Å². The standard InChI is InChI=1S/C16H20F2N4O3/c1-9(12-4-2-3-5-13(12)25-14(17)18)20-16(24)22-8-10-6-11(22)7-21(10)15(19)23/h2-5,9-11,14H,6-8H2,1H3,(H2,19,23)(H,20,24)/t9?,10-,11-/m0/s1. The Hall–Kier alpha value is -2.58. The zero-order valence-electron chi connectivity index (χ0n) is 13.7. The number of hydrogen-bond acceptors (Lipinski definition) is 3. The summed E-state index contributed by atoms with van der Waals surface area (Å²) in [5.74, 6) is 0.0353. The lowest BCUT2D eigenvalue weighted by atomic mass is 10.1. The molecule has 1 unspecified atom stereocenters. The van der Waals surface area contributed by atoms with Crippen molar-refractivity contribution in [2.24, 2.45) is 5.73 Å². The first-order valence-corrected chi connectivity index (χ1v) is 8.03. The minimum absolute atomic E-state index is 0.0353. The lowest BCUT2D eigenvalue weighted by Crippen LogP contribution is -2.54. The summed E-state index contributed by atoms with van der Waals surface area (Å²) in [6.07, 6.45) is 0.704. The van der Waals surface area contributed by atoms with Gasteiger partial charge in [0.15, 0.2) is 0 Å². The number of para-hydroxylation sites is 1. The van der Waals surface area contributed by atoms with Crippen molar-refractivity contribution in [3.05, 3.63) is 29.8 Å². The van der Waals surface area contributed by atoms with Crippen LogP contribution in [-0.2, 0) is 0 Å². The predicted molar refractivity (Wildman–Crippen MR) is 85.2 cm³/mol. The number of fused-ring (bicyclic) bond motifs is 2. The van der Waals surface area contributed by atoms with Gasteiger partial charge in [-0.15, -0.1) is 0 Å². The lowest BCUT2D eigenvalue weighted by molar-refractivity contribution is -0.0506. The fraction of sp³-hybridized carbons (Fsp3) is 0.500. The van der Waals surface area contributed by atoms with Gasteiger partial charge in [0.25, 0.3) is 0 Å². The molecule has 1 aromatic carbocycles. The highest BCUT2D eigenvalue weighted by atomic mass is 19.3. The van der Waals surface area contributed by atoms with Gasteiger partial charge in [-0.05, 0) is 19.4 Å². The van der Waals surface area contributed by atoms with Gasteiger partial charge >= 0.3 is 18.7 Å². The summed E-state index contributed by atoms with van der Waals surface area (Å²) in [5.41, 5.74) is 5.78. The molecule has 3 atom stereocenters. The predicted octanol–water partition coefficient (Wildman–Crippen LogP) is 1.90. The molecule has 136 valence electrons. The maximum absolute atomic E-state index is 12.5. The minimum atomic E-state index is -2.93. The van der Waals surface area contributed by atoms with Crippen LogP contribution in [0, 0.1) is 0 Å². The third kappa shape index (κ3) is 3.45. The molecule has 2 heterocycles. The van der Waals surface area contributed by atoms with Crippen molar-refractivity contribution in [3.8, 4) is 5.75 Å². The number of hydrogen-bond donors (Lipinski definition) is 2. The van der Waals surface area contributed by atoms with E-state index in [-0.39, 0.29) is 23.9 Å². The molecule has 2 aliphatic rings. The van der Waals surface area contributed by atoms with Crippen LogP contribution < -0.4 is 15.8 Å². The van der Waals surface area contributed by atoms with E-state index in [0.717, 1.165) is 0 Å². The third-order valence-corrected chi connectivity index (χ3v) is 4.73. The summed E-state index contributed by atoms with van der Waals surface area (Å²) in [7, 11) is 0. The van der Waals surface area contributed by atoms with Crippen LogP contribution in [0.15, 0.2) is 24.3 Å². The molecule has 3 rings (SSSR count). The zero-order valence-corrected chi connectivity index (χ0v) is 13.7. The number of piperazine rings is 1. The molecule has 2 saturated heterocycles. The van der Waals surface area contributed by atoms with E-state index >= 15 is 0 Å². The molecule has 7 nitrogen and oxygen atoms in total. The van der Waals surface area contributed by atoms with Gasteiger partial charge < -0.3 is 25.6 Å². The first-order valence-electron chi connectivity index (χ1n) is 8.03. The molecule has 25 heavy (non-hydrogen) atoms. The first-order chi connectivity index (χ1) is 11.9. The Morgan fingerprint density at radius 3 is 2.48 bits per heavy atom. The van der Waals surface area contributed by atoms with Gasteiger partial charge in [-0.1, -0.05) is 18.2 Å². The molecule has 2 fully saturated rings. The van der Waals surface area contributed by atoms with E-state index in [1.807, 2.05) is 0 Å². The van der Waals surface area contributed by atoms with Crippen molar-refractivity contribution in [2.75, 3.05) is 13.1 Å². The third-order valence-electron chi connectivity index (χ3n) is 4.73. The van der Waals surface area contributed by atoms with Gasteiger partial charge in [0.2, 0.25) is 0 Å². The lowest BCUT2D eigenvalue weighted by Gasteiger charge is -2.34. The second kappa shape index (κ2) is 6.73. The summed E-state index contributed by atoms with van der Waals surface area (Å²) < 4.78 is 29.5. The number of primary amides is 1. The molecule has 0 saturated carbocycles. The maximum atomic E-state index is 12.5. The Morgan fingerprint density at radius 1 is 1.24 bits per heavy atom. The first kappa shape index (κ1) is 17.2.